The fraction of sp³-hybridized carbons (Fsp3) is 0.333. The third-order valence-corrected chi connectivity index (χ3v) is 6.94. The summed E-state index contributed by atoms with van der Waals surface area (Å²) in [5.74, 6) is 1.91. The number of nitrogens with one attached hydrogen (secondary N) is 1. The van der Waals surface area contributed by atoms with Crippen LogP contribution in [0.3, 0.4) is 0 Å². The number of hydrogen-bond acceptors (Lipinski definition) is 6. The van der Waals surface area contributed by atoms with Gasteiger partial charge in [-0.1, -0.05) is 73.3 Å². The van der Waals surface area contributed by atoms with Crippen LogP contribution in [0.4, 0.5) is 5.82 Å². The van der Waals surface area contributed by atoms with Crippen LogP contribution < -0.4 is 10.2 Å². The van der Waals surface area contributed by atoms with Gasteiger partial charge in [0.15, 0.2) is 10.8 Å². The first-order valence-electron chi connectivity index (χ1n) is 12.2. The Kier molecular flexibility index (Phi) is 7.28. The summed E-state index contributed by atoms with van der Waals surface area (Å²) in [6.07, 6.45) is 4.60. The van der Waals surface area contributed by atoms with Crippen molar-refractivity contribution in [2.24, 2.45) is 0 Å². The van der Waals surface area contributed by atoms with Crippen LogP contribution in [-0.2, 0) is 17.8 Å². The molecule has 5 rings (SSSR count). The van der Waals surface area contributed by atoms with E-state index in [2.05, 4.69) is 46.5 Å². The number of nitrogens with zero attached hydrogens (tertiary/aromatic N) is 5. The van der Waals surface area contributed by atoms with Gasteiger partial charge in [0.25, 0.3) is 0 Å². The molecule has 2 aromatic carbocycles. The van der Waals surface area contributed by atoms with Crippen molar-refractivity contribution in [2.75, 3.05) is 30.3 Å². The van der Waals surface area contributed by atoms with Gasteiger partial charge < -0.3 is 10.2 Å². The molecule has 3 heterocycles. The van der Waals surface area contributed by atoms with E-state index in [1.165, 1.54) is 18.4 Å². The molecule has 1 aliphatic heterocycles. The number of amides is 1. The van der Waals surface area contributed by atoms with Gasteiger partial charge in [-0.2, -0.15) is 5.10 Å². The van der Waals surface area contributed by atoms with Crippen LogP contribution in [0.2, 0.25) is 0 Å². The average Bonchev–Trinajstić information content (AvgIpc) is 3.56. The summed E-state index contributed by atoms with van der Waals surface area (Å²) < 4.78 is 1.88. The van der Waals surface area contributed by atoms with Crippen molar-refractivity contribution in [1.29, 1.82) is 0 Å². The first-order chi connectivity index (χ1) is 17.2. The number of hydrogen-bond donors (Lipinski definition) is 1. The Morgan fingerprint density at radius 1 is 1.00 bits per heavy atom. The fourth-order valence-corrected chi connectivity index (χ4v) is 5.00. The van der Waals surface area contributed by atoms with E-state index in [1.807, 2.05) is 41.2 Å². The molecule has 35 heavy (non-hydrogen) atoms. The predicted octanol–water partition coefficient (Wildman–Crippen LogP) is 4.56. The molecule has 0 spiro atoms. The van der Waals surface area contributed by atoms with Crippen molar-refractivity contribution < 1.29 is 4.79 Å². The summed E-state index contributed by atoms with van der Waals surface area (Å²) in [6, 6.07) is 18.4. The number of benzene rings is 2. The minimum Gasteiger partial charge on any atom is -0.356 e. The standard InChI is InChI=1S/C27H30N6OS/c1-2-35-27-30-25(32-15-6-7-16-32)23-19-29-33(26(23)31-27)17-14-28-24(34)18-20-10-12-22(13-11-20)21-8-4-3-5-9-21/h3-5,8-13,19H,2,6-7,14-18H2,1H3,(H,28,34). The SMILES string of the molecule is CCSc1nc(N2CCCC2)c2cnn(CCNC(=O)Cc3ccc(-c4ccccc4)cc3)c2n1. The number of thioether (sulfide) groups is 1. The van der Waals surface area contributed by atoms with Crippen molar-refractivity contribution in [1.82, 2.24) is 25.1 Å². The van der Waals surface area contributed by atoms with Crippen LogP contribution in [0.15, 0.2) is 66.0 Å². The van der Waals surface area contributed by atoms with Crippen LogP contribution in [-0.4, -0.2) is 51.0 Å². The topological polar surface area (TPSA) is 75.9 Å². The Bertz CT molecular complexity index is 1280. The lowest BCUT2D eigenvalue weighted by Gasteiger charge is -2.17. The molecule has 4 aromatic rings. The minimum atomic E-state index is 0.00327. The maximum Gasteiger partial charge on any atom is 0.224 e. The fourth-order valence-electron chi connectivity index (χ4n) is 4.44. The molecule has 0 aliphatic carbocycles. The number of rotatable bonds is 9. The summed E-state index contributed by atoms with van der Waals surface area (Å²) in [5, 5.41) is 9.37. The maximum absolute atomic E-state index is 12.6. The minimum absolute atomic E-state index is 0.00327. The molecule has 1 saturated heterocycles. The lowest BCUT2D eigenvalue weighted by atomic mass is 10.0. The van der Waals surface area contributed by atoms with Crippen LogP contribution >= 0.6 is 11.8 Å². The molecular formula is C27H30N6OS. The summed E-state index contributed by atoms with van der Waals surface area (Å²) in [4.78, 5) is 24.5. The van der Waals surface area contributed by atoms with E-state index in [-0.39, 0.29) is 5.91 Å². The predicted molar refractivity (Wildman–Crippen MR) is 142 cm³/mol. The van der Waals surface area contributed by atoms with E-state index in [1.54, 1.807) is 11.8 Å². The summed E-state index contributed by atoms with van der Waals surface area (Å²) >= 11 is 1.64. The Morgan fingerprint density at radius 2 is 1.74 bits per heavy atom. The summed E-state index contributed by atoms with van der Waals surface area (Å²) in [6.45, 7) is 5.22. The molecule has 0 radical (unpaired) electrons. The molecule has 0 atom stereocenters. The van der Waals surface area contributed by atoms with E-state index in [0.29, 0.717) is 19.5 Å². The van der Waals surface area contributed by atoms with Gasteiger partial charge in [-0.15, -0.1) is 0 Å². The van der Waals surface area contributed by atoms with Crippen molar-refractivity contribution >= 4 is 34.5 Å². The zero-order chi connectivity index (χ0) is 24.0. The van der Waals surface area contributed by atoms with Gasteiger partial charge in [0.05, 0.1) is 24.5 Å². The third kappa shape index (κ3) is 5.48. The van der Waals surface area contributed by atoms with Crippen LogP contribution in [0.1, 0.15) is 25.3 Å². The van der Waals surface area contributed by atoms with Gasteiger partial charge >= 0.3 is 0 Å². The summed E-state index contributed by atoms with van der Waals surface area (Å²) in [5.41, 5.74) is 4.16. The van der Waals surface area contributed by atoms with Crippen molar-refractivity contribution in [3.05, 3.63) is 66.4 Å². The van der Waals surface area contributed by atoms with Crippen molar-refractivity contribution in [2.45, 2.75) is 37.9 Å². The molecule has 0 bridgehead atoms. The van der Waals surface area contributed by atoms with E-state index < -0.39 is 0 Å². The second-order valence-electron chi connectivity index (χ2n) is 8.65. The van der Waals surface area contributed by atoms with Gasteiger partial charge in [-0.3, -0.25) is 4.79 Å². The van der Waals surface area contributed by atoms with Crippen LogP contribution in [0.25, 0.3) is 22.2 Å². The maximum atomic E-state index is 12.6. The lowest BCUT2D eigenvalue weighted by molar-refractivity contribution is -0.120. The Hall–Kier alpha value is -3.39. The largest absolute Gasteiger partial charge is 0.356 e. The molecule has 180 valence electrons. The molecule has 0 unspecified atom stereocenters. The first kappa shape index (κ1) is 23.4. The smallest absolute Gasteiger partial charge is 0.224 e. The molecule has 1 amide bonds. The number of fused-ring (bicyclic) bond motifs is 1. The van der Waals surface area contributed by atoms with Crippen LogP contribution in [0, 0.1) is 0 Å². The van der Waals surface area contributed by atoms with Gasteiger partial charge in [-0.25, -0.2) is 14.6 Å². The second kappa shape index (κ2) is 10.9. The van der Waals surface area contributed by atoms with Gasteiger partial charge in [0, 0.05) is 19.6 Å². The third-order valence-electron chi connectivity index (χ3n) is 6.21. The number of carbonyl (C=O) groups excluding carboxylic acids is 1. The highest BCUT2D eigenvalue weighted by Gasteiger charge is 2.20. The highest BCUT2D eigenvalue weighted by atomic mass is 32.2. The normalized spacial score (nSPS) is 13.5. The molecule has 0 saturated carbocycles. The molecular weight excluding hydrogens is 456 g/mol. The Morgan fingerprint density at radius 3 is 2.49 bits per heavy atom. The summed E-state index contributed by atoms with van der Waals surface area (Å²) in [7, 11) is 0. The molecule has 1 N–H and O–H groups in total. The average molecular weight is 487 g/mol. The number of carbonyl (C=O) groups is 1. The monoisotopic (exact) mass is 486 g/mol. The van der Waals surface area contributed by atoms with Crippen LogP contribution in [0.5, 0.6) is 0 Å². The Balaban J connectivity index is 1.21. The van der Waals surface area contributed by atoms with E-state index in [0.717, 1.165) is 52.0 Å². The highest BCUT2D eigenvalue weighted by molar-refractivity contribution is 7.99. The van der Waals surface area contributed by atoms with Crippen molar-refractivity contribution in [3.8, 4) is 11.1 Å². The zero-order valence-electron chi connectivity index (χ0n) is 20.0. The highest BCUT2D eigenvalue weighted by Crippen LogP contribution is 2.29. The van der Waals surface area contributed by atoms with Gasteiger partial charge in [-0.05, 0) is 35.3 Å². The molecule has 8 heteroatoms. The molecule has 2 aromatic heterocycles. The molecule has 1 aliphatic rings. The quantitative estimate of drug-likeness (QED) is 0.276. The Labute approximate surface area is 210 Å². The van der Waals surface area contributed by atoms with E-state index >= 15 is 0 Å². The van der Waals surface area contributed by atoms with E-state index in [4.69, 9.17) is 9.97 Å². The van der Waals surface area contributed by atoms with Gasteiger partial charge in [0.1, 0.15) is 5.82 Å². The van der Waals surface area contributed by atoms with Crippen molar-refractivity contribution in [3.63, 3.8) is 0 Å². The van der Waals surface area contributed by atoms with Gasteiger partial charge in [0.2, 0.25) is 5.91 Å². The number of aromatic nitrogens is 4. The molecule has 7 nitrogen and oxygen atoms in total. The second-order valence-corrected chi connectivity index (χ2v) is 9.88. The lowest BCUT2D eigenvalue weighted by Crippen LogP contribution is -2.29. The molecule has 1 fully saturated rings. The van der Waals surface area contributed by atoms with E-state index in [9.17, 15) is 4.79 Å². The number of anilines is 1. The first-order valence-corrected chi connectivity index (χ1v) is 13.2. The zero-order valence-corrected chi connectivity index (χ0v) is 20.8.